The molecule has 0 bridgehead atoms. The van der Waals surface area contributed by atoms with Gasteiger partial charge < -0.3 is 5.73 Å². The van der Waals surface area contributed by atoms with E-state index in [1.165, 1.54) is 0 Å². The van der Waals surface area contributed by atoms with E-state index < -0.39 is 0 Å². The van der Waals surface area contributed by atoms with Crippen molar-refractivity contribution in [3.05, 3.63) is 24.5 Å². The first kappa shape index (κ1) is 7.72. The van der Waals surface area contributed by atoms with E-state index in [-0.39, 0.29) is 5.95 Å². The van der Waals surface area contributed by atoms with Gasteiger partial charge in [-0.25, -0.2) is 9.97 Å². The maximum atomic E-state index is 5.45. The summed E-state index contributed by atoms with van der Waals surface area (Å²) >= 11 is 0. The van der Waals surface area contributed by atoms with Gasteiger partial charge in [-0.3, -0.25) is 4.68 Å². The molecule has 0 spiro atoms. The molecule has 0 radical (unpaired) electrons. The molecule has 2 heterocycles. The minimum atomic E-state index is 0.267. The Balaban J connectivity index is 2.46. The van der Waals surface area contributed by atoms with Crippen LogP contribution in [0.4, 0.5) is 5.95 Å². The average Bonchev–Trinajstić information content (AvgIpc) is 2.52. The highest BCUT2D eigenvalue weighted by molar-refractivity contribution is 5.53. The summed E-state index contributed by atoms with van der Waals surface area (Å²) in [6, 6.07) is 3.65. The summed E-state index contributed by atoms with van der Waals surface area (Å²) in [5.41, 5.74) is 6.99. The van der Waals surface area contributed by atoms with Gasteiger partial charge in [0.05, 0.1) is 5.69 Å². The van der Waals surface area contributed by atoms with Crippen LogP contribution < -0.4 is 5.73 Å². The van der Waals surface area contributed by atoms with Crippen LogP contribution in [0.25, 0.3) is 11.4 Å². The normalized spacial score (nSPS) is 10.2. The summed E-state index contributed by atoms with van der Waals surface area (Å²) in [7, 11) is 1.86. The number of hydrogen-bond donors (Lipinski definition) is 1. The van der Waals surface area contributed by atoms with E-state index in [0.717, 1.165) is 11.4 Å². The van der Waals surface area contributed by atoms with Crippen LogP contribution in [-0.2, 0) is 7.05 Å². The summed E-state index contributed by atoms with van der Waals surface area (Å²) in [6.07, 6.45) is 3.47. The summed E-state index contributed by atoms with van der Waals surface area (Å²) < 4.78 is 1.72. The molecule has 0 aliphatic rings. The third-order valence-corrected chi connectivity index (χ3v) is 1.65. The van der Waals surface area contributed by atoms with Crippen LogP contribution >= 0.6 is 0 Å². The van der Waals surface area contributed by atoms with Crippen molar-refractivity contribution in [3.8, 4) is 11.4 Å². The standard InChI is InChI=1S/C8H9N5/c1-13-5-3-7(12-13)6-2-4-10-8(9)11-6/h2-5H,1H3,(H2,9,10,11). The predicted molar refractivity (Wildman–Crippen MR) is 48.6 cm³/mol. The van der Waals surface area contributed by atoms with E-state index in [4.69, 9.17) is 5.73 Å². The lowest BCUT2D eigenvalue weighted by atomic mass is 10.3. The van der Waals surface area contributed by atoms with Crippen LogP contribution in [0, 0.1) is 0 Å². The Morgan fingerprint density at radius 3 is 2.77 bits per heavy atom. The van der Waals surface area contributed by atoms with Crippen molar-refractivity contribution < 1.29 is 0 Å². The number of aromatic nitrogens is 4. The molecule has 5 heteroatoms. The van der Waals surface area contributed by atoms with Gasteiger partial charge >= 0.3 is 0 Å². The minimum absolute atomic E-state index is 0.267. The summed E-state index contributed by atoms with van der Waals surface area (Å²) in [6.45, 7) is 0. The van der Waals surface area contributed by atoms with Crippen molar-refractivity contribution in [2.75, 3.05) is 5.73 Å². The summed E-state index contributed by atoms with van der Waals surface area (Å²) in [4.78, 5) is 7.85. The maximum absolute atomic E-state index is 5.45. The molecule has 0 aliphatic carbocycles. The number of nitrogens with zero attached hydrogens (tertiary/aromatic N) is 4. The van der Waals surface area contributed by atoms with Crippen molar-refractivity contribution in [1.82, 2.24) is 19.7 Å². The number of rotatable bonds is 1. The van der Waals surface area contributed by atoms with E-state index in [1.807, 2.05) is 19.3 Å². The molecule has 0 saturated carbocycles. The topological polar surface area (TPSA) is 69.6 Å². The number of anilines is 1. The highest BCUT2D eigenvalue weighted by Gasteiger charge is 2.02. The average molecular weight is 175 g/mol. The summed E-state index contributed by atoms with van der Waals surface area (Å²) in [5.74, 6) is 0.267. The Bertz CT molecular complexity index is 420. The molecule has 13 heavy (non-hydrogen) atoms. The third kappa shape index (κ3) is 1.48. The van der Waals surface area contributed by atoms with Gasteiger partial charge in [0.25, 0.3) is 0 Å². The minimum Gasteiger partial charge on any atom is -0.368 e. The SMILES string of the molecule is Cn1ccc(-c2ccnc(N)n2)n1. The van der Waals surface area contributed by atoms with Gasteiger partial charge in [0.15, 0.2) is 0 Å². The largest absolute Gasteiger partial charge is 0.368 e. The molecule has 66 valence electrons. The molecule has 5 nitrogen and oxygen atoms in total. The van der Waals surface area contributed by atoms with Crippen molar-refractivity contribution >= 4 is 5.95 Å². The van der Waals surface area contributed by atoms with Gasteiger partial charge in [-0.15, -0.1) is 0 Å². The first-order valence-electron chi connectivity index (χ1n) is 3.84. The quantitative estimate of drug-likeness (QED) is 0.683. The molecule has 0 amide bonds. The fourth-order valence-electron chi connectivity index (χ4n) is 1.07. The zero-order valence-corrected chi connectivity index (χ0v) is 7.18. The van der Waals surface area contributed by atoms with Gasteiger partial charge in [0.1, 0.15) is 5.69 Å². The van der Waals surface area contributed by atoms with Crippen LogP contribution in [0.2, 0.25) is 0 Å². The zero-order chi connectivity index (χ0) is 9.26. The highest BCUT2D eigenvalue weighted by atomic mass is 15.3. The molecule has 0 fully saturated rings. The van der Waals surface area contributed by atoms with E-state index in [2.05, 4.69) is 15.1 Å². The number of aryl methyl sites for hydroxylation is 1. The molecule has 0 saturated heterocycles. The van der Waals surface area contributed by atoms with Crippen molar-refractivity contribution in [2.24, 2.45) is 7.05 Å². The molecule has 0 aliphatic heterocycles. The van der Waals surface area contributed by atoms with Crippen LogP contribution in [0.15, 0.2) is 24.5 Å². The summed E-state index contributed by atoms with van der Waals surface area (Å²) in [5, 5.41) is 4.19. The molecular weight excluding hydrogens is 166 g/mol. The van der Waals surface area contributed by atoms with Gasteiger partial charge in [-0.2, -0.15) is 5.10 Å². The predicted octanol–water partition coefficient (Wildman–Crippen LogP) is 0.459. The molecule has 0 atom stereocenters. The Morgan fingerprint density at radius 2 is 2.15 bits per heavy atom. The molecular formula is C8H9N5. The van der Waals surface area contributed by atoms with Gasteiger partial charge in [-0.05, 0) is 12.1 Å². The van der Waals surface area contributed by atoms with Gasteiger partial charge in [-0.1, -0.05) is 0 Å². The van der Waals surface area contributed by atoms with Gasteiger partial charge in [0.2, 0.25) is 5.95 Å². The maximum Gasteiger partial charge on any atom is 0.220 e. The second-order valence-corrected chi connectivity index (χ2v) is 2.67. The molecule has 2 N–H and O–H groups in total. The number of nitrogens with two attached hydrogens (primary N) is 1. The van der Waals surface area contributed by atoms with E-state index in [9.17, 15) is 0 Å². The van der Waals surface area contributed by atoms with Crippen molar-refractivity contribution in [3.63, 3.8) is 0 Å². The molecule has 2 rings (SSSR count). The lowest BCUT2D eigenvalue weighted by Gasteiger charge is -1.95. The molecule has 2 aromatic rings. The van der Waals surface area contributed by atoms with Crippen LogP contribution in [0.1, 0.15) is 0 Å². The van der Waals surface area contributed by atoms with E-state index >= 15 is 0 Å². The van der Waals surface area contributed by atoms with Crippen molar-refractivity contribution in [2.45, 2.75) is 0 Å². The first-order valence-corrected chi connectivity index (χ1v) is 3.84. The molecule has 2 aromatic heterocycles. The van der Waals surface area contributed by atoms with Crippen LogP contribution in [0.5, 0.6) is 0 Å². The van der Waals surface area contributed by atoms with E-state index in [0.29, 0.717) is 0 Å². The Hall–Kier alpha value is -1.91. The number of hydrogen-bond acceptors (Lipinski definition) is 4. The van der Waals surface area contributed by atoms with Crippen LogP contribution in [0.3, 0.4) is 0 Å². The lowest BCUT2D eigenvalue weighted by Crippen LogP contribution is -1.96. The smallest absolute Gasteiger partial charge is 0.220 e. The second-order valence-electron chi connectivity index (χ2n) is 2.67. The van der Waals surface area contributed by atoms with Crippen molar-refractivity contribution in [1.29, 1.82) is 0 Å². The number of nitrogen functional groups attached to an aromatic ring is 1. The van der Waals surface area contributed by atoms with Gasteiger partial charge in [0, 0.05) is 19.4 Å². The Morgan fingerprint density at radius 1 is 1.31 bits per heavy atom. The second kappa shape index (κ2) is 2.85. The third-order valence-electron chi connectivity index (χ3n) is 1.65. The fraction of sp³-hybridized carbons (Fsp3) is 0.125. The zero-order valence-electron chi connectivity index (χ0n) is 7.18. The lowest BCUT2D eigenvalue weighted by molar-refractivity contribution is 0.770. The molecule has 0 aromatic carbocycles. The highest BCUT2D eigenvalue weighted by Crippen LogP contribution is 2.12. The monoisotopic (exact) mass is 175 g/mol. The first-order chi connectivity index (χ1) is 6.25. The van der Waals surface area contributed by atoms with E-state index in [1.54, 1.807) is 16.9 Å². The fourth-order valence-corrected chi connectivity index (χ4v) is 1.07. The molecule has 0 unspecified atom stereocenters. The Labute approximate surface area is 75.2 Å². The van der Waals surface area contributed by atoms with Crippen LogP contribution in [-0.4, -0.2) is 19.7 Å². The Kier molecular flexibility index (Phi) is 1.70.